The molecule has 124 valence electrons. The number of aromatic nitrogens is 2. The fraction of sp³-hybridized carbons (Fsp3) is 0.235. The summed E-state index contributed by atoms with van der Waals surface area (Å²) in [5.41, 5.74) is -0.00624. The zero-order valence-electron chi connectivity index (χ0n) is 13.0. The number of aliphatic hydroxyl groups excluding tert-OH is 1. The molecule has 0 radical (unpaired) electrons. The molecule has 1 aromatic heterocycles. The number of Topliss-reactive ketones (excluding diaryl/α,β-unsaturated/α-hetero) is 1. The number of aromatic amines is 1. The van der Waals surface area contributed by atoms with Crippen LogP contribution in [0, 0.1) is 18.8 Å². The van der Waals surface area contributed by atoms with Gasteiger partial charge in [-0.3, -0.25) is 19.1 Å². The van der Waals surface area contributed by atoms with Crippen LogP contribution in [-0.4, -0.2) is 33.7 Å². The van der Waals surface area contributed by atoms with Gasteiger partial charge in [0, 0.05) is 11.8 Å². The number of carbonyl (C=O) groups excluding carboxylic acids is 1. The van der Waals surface area contributed by atoms with E-state index in [0.717, 1.165) is 10.1 Å². The van der Waals surface area contributed by atoms with Gasteiger partial charge in [0.05, 0.1) is 13.2 Å². The van der Waals surface area contributed by atoms with Crippen LogP contribution in [-0.2, 0) is 11.5 Å². The molecular weight excluding hydrogens is 312 g/mol. The Labute approximate surface area is 137 Å². The van der Waals surface area contributed by atoms with Crippen LogP contribution in [0.2, 0.25) is 0 Å². The third-order valence-electron chi connectivity index (χ3n) is 3.07. The van der Waals surface area contributed by atoms with Crippen molar-refractivity contribution in [1.82, 2.24) is 9.55 Å². The molecule has 2 N–H and O–H groups in total. The quantitative estimate of drug-likeness (QED) is 0.459. The second kappa shape index (κ2) is 8.06. The summed E-state index contributed by atoms with van der Waals surface area (Å²) in [7, 11) is 0. The van der Waals surface area contributed by atoms with E-state index in [0.29, 0.717) is 5.56 Å². The van der Waals surface area contributed by atoms with E-state index in [1.807, 2.05) is 13.0 Å². The van der Waals surface area contributed by atoms with Gasteiger partial charge in [-0.1, -0.05) is 29.7 Å². The van der Waals surface area contributed by atoms with Gasteiger partial charge < -0.3 is 9.84 Å². The monoisotopic (exact) mass is 328 g/mol. The first-order valence-electron chi connectivity index (χ1n) is 7.16. The first kappa shape index (κ1) is 17.4. The van der Waals surface area contributed by atoms with Gasteiger partial charge in [-0.15, -0.1) is 0 Å². The molecule has 0 bridgehead atoms. The minimum Gasteiger partial charge on any atom is -0.394 e. The number of H-pyrrole nitrogens is 1. The lowest BCUT2D eigenvalue weighted by Gasteiger charge is -2.05. The fourth-order valence-corrected chi connectivity index (χ4v) is 1.90. The maximum absolute atomic E-state index is 12.0. The summed E-state index contributed by atoms with van der Waals surface area (Å²) in [5.74, 6) is 4.45. The molecule has 0 saturated carbocycles. The molecule has 1 heterocycles. The lowest BCUT2D eigenvalue weighted by molar-refractivity contribution is 0.0456. The van der Waals surface area contributed by atoms with E-state index in [1.54, 1.807) is 18.2 Å². The second-order valence-electron chi connectivity index (χ2n) is 4.98. The van der Waals surface area contributed by atoms with Gasteiger partial charge in [0.25, 0.3) is 5.56 Å². The fourth-order valence-electron chi connectivity index (χ4n) is 1.90. The van der Waals surface area contributed by atoms with Crippen molar-refractivity contribution in [3.8, 4) is 11.8 Å². The van der Waals surface area contributed by atoms with Crippen LogP contribution in [0.1, 0.15) is 21.5 Å². The summed E-state index contributed by atoms with van der Waals surface area (Å²) in [6, 6.07) is 6.94. The number of aliphatic hydroxyl groups is 1. The van der Waals surface area contributed by atoms with Crippen molar-refractivity contribution in [3.63, 3.8) is 0 Å². The van der Waals surface area contributed by atoms with Crippen molar-refractivity contribution >= 4 is 5.78 Å². The number of ketones is 1. The molecule has 0 saturated heterocycles. The van der Waals surface area contributed by atoms with Crippen LogP contribution in [0.4, 0.5) is 0 Å². The van der Waals surface area contributed by atoms with Gasteiger partial charge in [0.2, 0.25) is 5.78 Å². The molecular formula is C17H16N2O5. The maximum Gasteiger partial charge on any atom is 0.330 e. The molecule has 0 fully saturated rings. The summed E-state index contributed by atoms with van der Waals surface area (Å²) in [6.45, 7) is 1.59. The predicted octanol–water partition coefficient (Wildman–Crippen LogP) is 0.0458. The van der Waals surface area contributed by atoms with Gasteiger partial charge >= 0.3 is 5.69 Å². The van der Waals surface area contributed by atoms with Crippen molar-refractivity contribution in [2.24, 2.45) is 0 Å². The Kier molecular flexibility index (Phi) is 5.84. The zero-order chi connectivity index (χ0) is 17.5. The average molecular weight is 328 g/mol. The van der Waals surface area contributed by atoms with Crippen molar-refractivity contribution in [2.75, 3.05) is 13.2 Å². The average Bonchev–Trinajstić information content (AvgIpc) is 2.55. The predicted molar refractivity (Wildman–Crippen MR) is 86.7 cm³/mol. The van der Waals surface area contributed by atoms with Crippen LogP contribution in [0.15, 0.2) is 40.1 Å². The number of hydrogen-bond donors (Lipinski definition) is 2. The van der Waals surface area contributed by atoms with Crippen LogP contribution in [0.3, 0.4) is 0 Å². The Bertz CT molecular complexity index is 915. The van der Waals surface area contributed by atoms with E-state index in [4.69, 9.17) is 9.84 Å². The van der Waals surface area contributed by atoms with Crippen LogP contribution in [0.5, 0.6) is 0 Å². The smallest absolute Gasteiger partial charge is 0.330 e. The molecule has 0 aliphatic heterocycles. The zero-order valence-corrected chi connectivity index (χ0v) is 13.0. The molecule has 0 unspecified atom stereocenters. The minimum absolute atomic E-state index is 0.0248. The van der Waals surface area contributed by atoms with Crippen LogP contribution < -0.4 is 11.2 Å². The Hall–Kier alpha value is -2.95. The molecule has 0 amide bonds. The number of hydrogen-bond acceptors (Lipinski definition) is 5. The highest BCUT2D eigenvalue weighted by Gasteiger charge is 2.05. The molecule has 0 aliphatic carbocycles. The number of aryl methyl sites for hydroxylation is 1. The normalized spacial score (nSPS) is 10.1. The molecule has 2 rings (SSSR count). The lowest BCUT2D eigenvalue weighted by Crippen LogP contribution is -2.31. The molecule has 7 heteroatoms. The largest absolute Gasteiger partial charge is 0.394 e. The van der Waals surface area contributed by atoms with Crippen molar-refractivity contribution < 1.29 is 14.6 Å². The van der Waals surface area contributed by atoms with Gasteiger partial charge in [0.1, 0.15) is 12.3 Å². The van der Waals surface area contributed by atoms with E-state index in [2.05, 4.69) is 16.8 Å². The van der Waals surface area contributed by atoms with Crippen molar-refractivity contribution in [1.29, 1.82) is 0 Å². The van der Waals surface area contributed by atoms with Crippen molar-refractivity contribution in [3.05, 3.63) is 68.0 Å². The summed E-state index contributed by atoms with van der Waals surface area (Å²) >= 11 is 0. The number of carbonyl (C=O) groups is 1. The van der Waals surface area contributed by atoms with Gasteiger partial charge in [-0.2, -0.15) is 0 Å². The summed E-state index contributed by atoms with van der Waals surface area (Å²) < 4.78 is 6.12. The van der Waals surface area contributed by atoms with E-state index in [9.17, 15) is 14.4 Å². The molecule has 2 aromatic rings. The molecule has 0 spiro atoms. The molecule has 24 heavy (non-hydrogen) atoms. The maximum atomic E-state index is 12.0. The number of nitrogens with zero attached hydrogens (tertiary/aromatic N) is 1. The first-order chi connectivity index (χ1) is 11.5. The Balaban J connectivity index is 2.27. The number of rotatable bonds is 5. The Morgan fingerprint density at radius 1 is 1.38 bits per heavy atom. The third-order valence-corrected chi connectivity index (χ3v) is 3.07. The van der Waals surface area contributed by atoms with E-state index >= 15 is 0 Å². The number of nitrogens with one attached hydrogen (secondary N) is 1. The Morgan fingerprint density at radius 2 is 2.17 bits per heavy atom. The molecule has 0 atom stereocenters. The topological polar surface area (TPSA) is 101 Å². The standard InChI is InChI=1S/C17H16N2O5/c1-12-3-2-4-13(9-12)15(21)6-5-14-10-19(11-24-8-7-20)17(23)18-16(14)22/h2-4,9-10,20H,7-8,11H2,1H3,(H,18,22,23). The first-order valence-corrected chi connectivity index (χ1v) is 7.16. The lowest BCUT2D eigenvalue weighted by atomic mass is 10.1. The minimum atomic E-state index is -0.678. The van der Waals surface area contributed by atoms with Gasteiger partial charge in [-0.05, 0) is 18.9 Å². The summed E-state index contributed by atoms with van der Waals surface area (Å²) in [6.07, 6.45) is 1.22. The van der Waals surface area contributed by atoms with Crippen LogP contribution >= 0.6 is 0 Å². The third kappa shape index (κ3) is 4.52. The molecule has 1 aromatic carbocycles. The van der Waals surface area contributed by atoms with Gasteiger partial charge in [-0.25, -0.2) is 4.79 Å². The summed E-state index contributed by atoms with van der Waals surface area (Å²) in [5, 5.41) is 8.66. The summed E-state index contributed by atoms with van der Waals surface area (Å²) in [4.78, 5) is 37.5. The van der Waals surface area contributed by atoms with Gasteiger partial charge in [0.15, 0.2) is 0 Å². The molecule has 0 aliphatic rings. The van der Waals surface area contributed by atoms with E-state index < -0.39 is 17.0 Å². The Morgan fingerprint density at radius 3 is 2.88 bits per heavy atom. The van der Waals surface area contributed by atoms with E-state index in [1.165, 1.54) is 6.20 Å². The number of ether oxygens (including phenoxy) is 1. The van der Waals surface area contributed by atoms with Crippen LogP contribution in [0.25, 0.3) is 0 Å². The number of benzene rings is 1. The highest BCUT2D eigenvalue weighted by molar-refractivity contribution is 6.09. The highest BCUT2D eigenvalue weighted by atomic mass is 16.5. The SMILES string of the molecule is Cc1cccc(C(=O)C#Cc2cn(COCCO)c(=O)[nH]c2=O)c1. The van der Waals surface area contributed by atoms with Crippen molar-refractivity contribution in [2.45, 2.75) is 13.7 Å². The highest BCUT2D eigenvalue weighted by Crippen LogP contribution is 2.04. The second-order valence-corrected chi connectivity index (χ2v) is 4.98. The van der Waals surface area contributed by atoms with E-state index in [-0.39, 0.29) is 25.5 Å². The molecule has 7 nitrogen and oxygen atoms in total.